The zero-order chi connectivity index (χ0) is 29.1. The average Bonchev–Trinajstić information content (AvgIpc) is 2.92. The first-order valence-electron chi connectivity index (χ1n) is 15.1. The molecule has 218 valence electrons. The van der Waals surface area contributed by atoms with E-state index in [4.69, 9.17) is 16.3 Å². The molecule has 2 aromatic rings. The van der Waals surface area contributed by atoms with E-state index in [-0.39, 0.29) is 41.7 Å². The minimum Gasteiger partial charge on any atom is -0.444 e. The van der Waals surface area contributed by atoms with Crippen LogP contribution in [0.5, 0.6) is 0 Å². The molecule has 2 fully saturated rings. The molecule has 6 heteroatoms. The Bertz CT molecular complexity index is 1290. The Hall–Kier alpha value is -3.05. The van der Waals surface area contributed by atoms with Crippen molar-refractivity contribution >= 4 is 29.2 Å². The van der Waals surface area contributed by atoms with Gasteiger partial charge in [0.05, 0.1) is 5.92 Å². The van der Waals surface area contributed by atoms with E-state index in [1.807, 2.05) is 51.1 Å². The van der Waals surface area contributed by atoms with Gasteiger partial charge in [0.2, 0.25) is 5.91 Å². The van der Waals surface area contributed by atoms with Gasteiger partial charge in [0.1, 0.15) is 5.60 Å². The van der Waals surface area contributed by atoms with E-state index in [0.29, 0.717) is 24.7 Å². The molecule has 2 aromatic carbocycles. The molecule has 2 amide bonds. The van der Waals surface area contributed by atoms with Crippen LogP contribution in [0.3, 0.4) is 0 Å². The molecule has 3 aliphatic rings. The van der Waals surface area contributed by atoms with Crippen LogP contribution in [0.15, 0.2) is 72.8 Å². The Kier molecular flexibility index (Phi) is 8.94. The second-order valence-electron chi connectivity index (χ2n) is 12.9. The van der Waals surface area contributed by atoms with Crippen LogP contribution in [-0.2, 0) is 16.1 Å². The number of benzene rings is 2. The van der Waals surface area contributed by atoms with E-state index >= 15 is 0 Å². The molecule has 41 heavy (non-hydrogen) atoms. The number of allylic oxidation sites excluding steroid dienone is 4. The highest BCUT2D eigenvalue weighted by molar-refractivity contribution is 6.31. The normalized spacial score (nSPS) is 24.8. The van der Waals surface area contributed by atoms with Gasteiger partial charge in [-0.25, -0.2) is 4.79 Å². The molecule has 0 bridgehead atoms. The maximum absolute atomic E-state index is 14.7. The van der Waals surface area contributed by atoms with E-state index in [1.165, 1.54) is 11.1 Å². The summed E-state index contributed by atoms with van der Waals surface area (Å²) < 4.78 is 5.76. The Balaban J connectivity index is 1.45. The van der Waals surface area contributed by atoms with Gasteiger partial charge in [0.25, 0.3) is 0 Å². The number of hydrogen-bond acceptors (Lipinski definition) is 3. The Labute approximate surface area is 250 Å². The number of piperidine rings is 1. The molecule has 0 N–H and O–H groups in total. The Morgan fingerprint density at radius 1 is 1.02 bits per heavy atom. The number of rotatable bonds is 6. The van der Waals surface area contributed by atoms with Crippen molar-refractivity contribution in [2.75, 3.05) is 13.1 Å². The smallest absolute Gasteiger partial charge is 0.410 e. The lowest BCUT2D eigenvalue weighted by Gasteiger charge is -2.47. The van der Waals surface area contributed by atoms with Crippen LogP contribution in [-0.4, -0.2) is 46.5 Å². The summed E-state index contributed by atoms with van der Waals surface area (Å²) in [7, 11) is 0. The minimum absolute atomic E-state index is 0.105. The fraction of sp³-hybridized carbons (Fsp3) is 0.486. The van der Waals surface area contributed by atoms with Gasteiger partial charge in [0.15, 0.2) is 0 Å². The number of amides is 2. The van der Waals surface area contributed by atoms with Crippen LogP contribution in [0.1, 0.15) is 64.5 Å². The SMILES string of the molecule is CC1C(c2ccccc2)=CC=CC1[C@H]1CCN(C(=O)OC(C)(C)C)C[C@@H]1C(=O)N(Cc1ccccc1Cl)C1CCC1. The summed E-state index contributed by atoms with van der Waals surface area (Å²) >= 11 is 6.57. The number of carbonyl (C=O) groups excluding carboxylic acids is 2. The van der Waals surface area contributed by atoms with Crippen molar-refractivity contribution < 1.29 is 14.3 Å². The lowest BCUT2D eigenvalue weighted by atomic mass is 9.67. The molecule has 5 nitrogen and oxygen atoms in total. The minimum atomic E-state index is -0.592. The largest absolute Gasteiger partial charge is 0.444 e. The highest BCUT2D eigenvalue weighted by atomic mass is 35.5. The van der Waals surface area contributed by atoms with Crippen LogP contribution < -0.4 is 0 Å². The second kappa shape index (κ2) is 12.4. The number of likely N-dealkylation sites (tertiary alicyclic amines) is 1. The zero-order valence-corrected chi connectivity index (χ0v) is 25.5. The van der Waals surface area contributed by atoms with Crippen molar-refractivity contribution in [2.45, 2.75) is 71.6 Å². The molecule has 1 saturated carbocycles. The second-order valence-corrected chi connectivity index (χ2v) is 13.3. The number of halogens is 1. The molecule has 1 aliphatic heterocycles. The van der Waals surface area contributed by atoms with E-state index < -0.39 is 5.60 Å². The van der Waals surface area contributed by atoms with Gasteiger partial charge in [-0.2, -0.15) is 0 Å². The quantitative estimate of drug-likeness (QED) is 0.351. The van der Waals surface area contributed by atoms with E-state index in [1.54, 1.807) is 4.90 Å². The fourth-order valence-corrected chi connectivity index (χ4v) is 6.80. The van der Waals surface area contributed by atoms with Gasteiger partial charge in [-0.3, -0.25) is 4.79 Å². The summed E-state index contributed by atoms with van der Waals surface area (Å²) in [5, 5.41) is 0.682. The van der Waals surface area contributed by atoms with Gasteiger partial charge in [0, 0.05) is 30.7 Å². The van der Waals surface area contributed by atoms with Gasteiger partial charge >= 0.3 is 6.09 Å². The summed E-state index contributed by atoms with van der Waals surface area (Å²) in [6.45, 7) is 9.37. The average molecular weight is 575 g/mol. The maximum Gasteiger partial charge on any atom is 0.410 e. The molecule has 5 rings (SSSR count). The van der Waals surface area contributed by atoms with Crippen molar-refractivity contribution in [2.24, 2.45) is 23.7 Å². The van der Waals surface area contributed by atoms with Gasteiger partial charge in [-0.1, -0.05) is 85.3 Å². The van der Waals surface area contributed by atoms with Gasteiger partial charge in [-0.15, -0.1) is 0 Å². The van der Waals surface area contributed by atoms with E-state index in [9.17, 15) is 9.59 Å². The predicted octanol–water partition coefficient (Wildman–Crippen LogP) is 8.00. The zero-order valence-electron chi connectivity index (χ0n) is 24.8. The molecule has 4 atom stereocenters. The number of hydrogen-bond donors (Lipinski definition) is 0. The van der Waals surface area contributed by atoms with Crippen LogP contribution >= 0.6 is 11.6 Å². The topological polar surface area (TPSA) is 49.9 Å². The summed E-state index contributed by atoms with van der Waals surface area (Å²) in [5.74, 6) is 0.342. The fourth-order valence-electron chi connectivity index (χ4n) is 6.61. The molecule has 2 unspecified atom stereocenters. The maximum atomic E-state index is 14.7. The molecule has 2 aliphatic carbocycles. The summed E-state index contributed by atoms with van der Waals surface area (Å²) in [6.07, 6.45) is 10.2. The van der Waals surface area contributed by atoms with Gasteiger partial charge in [-0.05, 0) is 87.0 Å². The monoisotopic (exact) mass is 574 g/mol. The Morgan fingerprint density at radius 3 is 2.39 bits per heavy atom. The first-order valence-corrected chi connectivity index (χ1v) is 15.5. The third-order valence-electron chi connectivity index (χ3n) is 9.01. The third-order valence-corrected chi connectivity index (χ3v) is 9.38. The number of ether oxygens (including phenoxy) is 1. The summed E-state index contributed by atoms with van der Waals surface area (Å²) in [4.78, 5) is 31.7. The molecule has 0 aromatic heterocycles. The third kappa shape index (κ3) is 6.72. The number of carbonyl (C=O) groups is 2. The molecule has 1 heterocycles. The summed E-state index contributed by atoms with van der Waals surface area (Å²) in [5.41, 5.74) is 2.89. The van der Waals surface area contributed by atoms with Crippen LogP contribution in [0.25, 0.3) is 5.57 Å². The van der Waals surface area contributed by atoms with Crippen molar-refractivity contribution in [1.29, 1.82) is 0 Å². The van der Waals surface area contributed by atoms with Crippen LogP contribution in [0.4, 0.5) is 4.79 Å². The van der Waals surface area contributed by atoms with E-state index in [0.717, 1.165) is 31.2 Å². The lowest BCUT2D eigenvalue weighted by Crippen LogP contribution is -2.55. The van der Waals surface area contributed by atoms with Crippen molar-refractivity contribution in [3.05, 3.63) is 89.0 Å². The first-order chi connectivity index (χ1) is 19.6. The van der Waals surface area contributed by atoms with Crippen molar-refractivity contribution in [3.63, 3.8) is 0 Å². The number of nitrogens with zero attached hydrogens (tertiary/aromatic N) is 2. The van der Waals surface area contributed by atoms with Crippen molar-refractivity contribution in [3.8, 4) is 0 Å². The highest BCUT2D eigenvalue weighted by Crippen LogP contribution is 2.44. The van der Waals surface area contributed by atoms with Crippen LogP contribution in [0.2, 0.25) is 5.02 Å². The molecular formula is C35H43ClN2O3. The van der Waals surface area contributed by atoms with Crippen molar-refractivity contribution in [1.82, 2.24) is 9.80 Å². The van der Waals surface area contributed by atoms with Gasteiger partial charge < -0.3 is 14.5 Å². The summed E-state index contributed by atoms with van der Waals surface area (Å²) in [6, 6.07) is 18.5. The molecule has 0 spiro atoms. The highest BCUT2D eigenvalue weighted by Gasteiger charge is 2.45. The molecule has 0 radical (unpaired) electrons. The first kappa shape index (κ1) is 29.4. The molecule has 1 saturated heterocycles. The predicted molar refractivity (Wildman–Crippen MR) is 165 cm³/mol. The standard InChI is InChI=1S/C35H43ClN2O3/c1-24-28(25-12-6-5-7-13-25)17-11-18-29(24)30-20-21-37(34(40)41-35(2,3)4)23-31(30)33(39)38(27-15-10-16-27)22-26-14-8-9-19-32(26)36/h5-9,11-14,17-19,24,27,29-31H,10,15-16,20-23H2,1-4H3/t24?,29?,30-,31+/m1/s1. The Morgan fingerprint density at radius 2 is 1.73 bits per heavy atom. The van der Waals surface area contributed by atoms with Crippen LogP contribution in [0, 0.1) is 23.7 Å². The van der Waals surface area contributed by atoms with E-state index in [2.05, 4.69) is 54.3 Å². The molecular weight excluding hydrogens is 532 g/mol. The lowest BCUT2D eigenvalue weighted by molar-refractivity contribution is -0.145.